The second kappa shape index (κ2) is 10.4. The van der Waals surface area contributed by atoms with Gasteiger partial charge in [-0.1, -0.05) is 80.6 Å². The fourth-order valence-corrected chi connectivity index (χ4v) is 4.25. The van der Waals surface area contributed by atoms with Crippen molar-refractivity contribution in [1.29, 1.82) is 0 Å². The van der Waals surface area contributed by atoms with Gasteiger partial charge in [-0.3, -0.25) is 0 Å². The zero-order valence-electron chi connectivity index (χ0n) is 19.9. The minimum atomic E-state index is 0.557. The van der Waals surface area contributed by atoms with Gasteiger partial charge in [0.1, 0.15) is 12.4 Å². The molecule has 0 saturated carbocycles. The van der Waals surface area contributed by atoms with E-state index >= 15 is 0 Å². The Bertz CT molecular complexity index is 1330. The Kier molecular flexibility index (Phi) is 7.09. The van der Waals surface area contributed by atoms with E-state index in [4.69, 9.17) is 14.5 Å². The van der Waals surface area contributed by atoms with Crippen LogP contribution in [-0.4, -0.2) is 19.6 Å². The van der Waals surface area contributed by atoms with Crippen LogP contribution in [0.2, 0.25) is 0 Å². The first kappa shape index (κ1) is 22.6. The molecule has 0 amide bonds. The van der Waals surface area contributed by atoms with Gasteiger partial charge in [0.05, 0.1) is 12.8 Å². The lowest BCUT2D eigenvalue weighted by molar-refractivity contribution is 0.330. The molecular weight excluding hydrogens is 406 g/mol. The van der Waals surface area contributed by atoms with Gasteiger partial charge in [0.15, 0.2) is 5.90 Å². The molecule has 0 spiro atoms. The maximum absolute atomic E-state index is 6.11. The van der Waals surface area contributed by atoms with Crippen LogP contribution in [0.15, 0.2) is 89.4 Å². The maximum atomic E-state index is 6.11. The lowest BCUT2D eigenvalue weighted by Gasteiger charge is -2.17. The molecular formula is C30H31NO2. The fraction of sp³-hybridized carbons (Fsp3) is 0.233. The van der Waals surface area contributed by atoms with Gasteiger partial charge in [0.2, 0.25) is 0 Å². The Hall–Kier alpha value is -3.59. The highest BCUT2D eigenvalue weighted by molar-refractivity contribution is 6.11. The highest BCUT2D eigenvalue weighted by Gasteiger charge is 2.18. The van der Waals surface area contributed by atoms with E-state index in [1.807, 2.05) is 6.07 Å². The number of hydrogen-bond acceptors (Lipinski definition) is 3. The van der Waals surface area contributed by atoms with Crippen molar-refractivity contribution < 1.29 is 9.47 Å². The molecule has 0 heterocycles. The van der Waals surface area contributed by atoms with Gasteiger partial charge in [0.25, 0.3) is 0 Å². The summed E-state index contributed by atoms with van der Waals surface area (Å²) in [6.07, 6.45) is 3.91. The highest BCUT2D eigenvalue weighted by atomic mass is 16.5. The summed E-state index contributed by atoms with van der Waals surface area (Å²) in [5.41, 5.74) is 4.23. The minimum absolute atomic E-state index is 0.557. The molecule has 33 heavy (non-hydrogen) atoms. The molecule has 4 rings (SSSR count). The van der Waals surface area contributed by atoms with E-state index in [0.29, 0.717) is 6.61 Å². The predicted molar refractivity (Wildman–Crippen MR) is 141 cm³/mol. The second-order valence-electron chi connectivity index (χ2n) is 8.15. The van der Waals surface area contributed by atoms with E-state index in [-0.39, 0.29) is 0 Å². The van der Waals surface area contributed by atoms with Gasteiger partial charge in [-0.25, -0.2) is 4.99 Å². The van der Waals surface area contributed by atoms with E-state index in [0.717, 1.165) is 52.1 Å². The molecule has 0 bridgehead atoms. The van der Waals surface area contributed by atoms with Crippen molar-refractivity contribution in [2.24, 2.45) is 4.99 Å². The van der Waals surface area contributed by atoms with Crippen LogP contribution in [0.5, 0.6) is 5.75 Å². The molecule has 0 radical (unpaired) electrons. The normalized spacial score (nSPS) is 12.4. The Balaban J connectivity index is 1.97. The summed E-state index contributed by atoms with van der Waals surface area (Å²) in [5, 5.41) is 4.63. The van der Waals surface area contributed by atoms with Crippen molar-refractivity contribution in [3.8, 4) is 16.9 Å². The second-order valence-corrected chi connectivity index (χ2v) is 8.15. The molecule has 0 saturated heterocycles. The zero-order valence-corrected chi connectivity index (χ0v) is 19.9. The first-order valence-corrected chi connectivity index (χ1v) is 11.6. The molecule has 0 fully saturated rings. The Labute approximate surface area is 196 Å². The number of hydrogen-bond donors (Lipinski definition) is 0. The van der Waals surface area contributed by atoms with E-state index in [1.54, 1.807) is 7.11 Å². The summed E-state index contributed by atoms with van der Waals surface area (Å²) < 4.78 is 12.0. The van der Waals surface area contributed by atoms with Gasteiger partial charge in [-0.2, -0.15) is 0 Å². The number of ether oxygens (including phenoxy) is 2. The summed E-state index contributed by atoms with van der Waals surface area (Å²) in [6, 6.07) is 25.2. The quantitative estimate of drug-likeness (QED) is 0.165. The summed E-state index contributed by atoms with van der Waals surface area (Å²) in [5.74, 6) is 1.57. The number of benzene rings is 4. The lowest BCUT2D eigenvalue weighted by atomic mass is 9.91. The predicted octanol–water partition coefficient (Wildman–Crippen LogP) is 8.48. The smallest absolute Gasteiger partial charge is 0.188 e. The topological polar surface area (TPSA) is 30.8 Å². The standard InChI is InChI=1S/C30H31NO2/c1-5-11-21(3)20-33-28(6-2)31-26-18-16-22-12-7-9-14-24(22)29(26)30-25-15-10-8-13-23(25)17-19-27(30)32-4/h7-19H,5-6,20H2,1-4H3/b21-11+,31-28?. The lowest BCUT2D eigenvalue weighted by Crippen LogP contribution is -2.05. The molecule has 0 aromatic heterocycles. The van der Waals surface area contributed by atoms with Crippen LogP contribution in [0.3, 0.4) is 0 Å². The van der Waals surface area contributed by atoms with Gasteiger partial charge < -0.3 is 9.47 Å². The molecule has 0 N–H and O–H groups in total. The van der Waals surface area contributed by atoms with Crippen molar-refractivity contribution in [2.45, 2.75) is 33.6 Å². The van der Waals surface area contributed by atoms with Crippen LogP contribution in [0.1, 0.15) is 33.6 Å². The van der Waals surface area contributed by atoms with Crippen molar-refractivity contribution >= 4 is 33.1 Å². The molecule has 0 atom stereocenters. The van der Waals surface area contributed by atoms with Crippen LogP contribution in [0.25, 0.3) is 32.7 Å². The van der Waals surface area contributed by atoms with Crippen molar-refractivity contribution in [1.82, 2.24) is 0 Å². The molecule has 0 unspecified atom stereocenters. The summed E-state index contributed by atoms with van der Waals surface area (Å²) in [4.78, 5) is 5.03. The summed E-state index contributed by atoms with van der Waals surface area (Å²) >= 11 is 0. The fourth-order valence-electron chi connectivity index (χ4n) is 4.25. The average molecular weight is 438 g/mol. The van der Waals surface area contributed by atoms with E-state index < -0.39 is 0 Å². The van der Waals surface area contributed by atoms with E-state index in [1.165, 1.54) is 16.3 Å². The molecule has 168 valence electrons. The SMILES string of the molecule is CC/C=C(\C)COC(CC)=Nc1ccc2ccccc2c1-c1c(OC)ccc2ccccc12. The Morgan fingerprint density at radius 1 is 0.818 bits per heavy atom. The van der Waals surface area contributed by atoms with Crippen molar-refractivity contribution in [2.75, 3.05) is 13.7 Å². The minimum Gasteiger partial charge on any atom is -0.496 e. The Morgan fingerprint density at radius 2 is 1.45 bits per heavy atom. The molecule has 3 nitrogen and oxygen atoms in total. The van der Waals surface area contributed by atoms with Gasteiger partial charge >= 0.3 is 0 Å². The van der Waals surface area contributed by atoms with E-state index in [9.17, 15) is 0 Å². The van der Waals surface area contributed by atoms with Crippen LogP contribution in [0.4, 0.5) is 5.69 Å². The number of nitrogens with zero attached hydrogens (tertiary/aromatic N) is 1. The summed E-state index contributed by atoms with van der Waals surface area (Å²) in [7, 11) is 1.73. The molecule has 4 aromatic carbocycles. The average Bonchev–Trinajstić information content (AvgIpc) is 2.86. The van der Waals surface area contributed by atoms with Crippen LogP contribution >= 0.6 is 0 Å². The van der Waals surface area contributed by atoms with Gasteiger partial charge in [0, 0.05) is 17.5 Å². The summed E-state index contributed by atoms with van der Waals surface area (Å²) in [6.45, 7) is 6.87. The van der Waals surface area contributed by atoms with Crippen LogP contribution in [-0.2, 0) is 4.74 Å². The zero-order chi connectivity index (χ0) is 23.2. The first-order chi connectivity index (χ1) is 16.2. The van der Waals surface area contributed by atoms with Crippen LogP contribution < -0.4 is 4.74 Å². The van der Waals surface area contributed by atoms with Crippen molar-refractivity contribution in [3.63, 3.8) is 0 Å². The Morgan fingerprint density at radius 3 is 2.09 bits per heavy atom. The maximum Gasteiger partial charge on any atom is 0.188 e. The number of allylic oxidation sites excluding steroid dienone is 1. The van der Waals surface area contributed by atoms with Crippen molar-refractivity contribution in [3.05, 3.63) is 84.4 Å². The third-order valence-corrected chi connectivity index (χ3v) is 5.83. The first-order valence-electron chi connectivity index (χ1n) is 11.6. The molecule has 4 aromatic rings. The monoisotopic (exact) mass is 437 g/mol. The van der Waals surface area contributed by atoms with Crippen LogP contribution in [0, 0.1) is 0 Å². The number of fused-ring (bicyclic) bond motifs is 2. The third-order valence-electron chi connectivity index (χ3n) is 5.83. The van der Waals surface area contributed by atoms with Gasteiger partial charge in [-0.15, -0.1) is 0 Å². The molecule has 0 aliphatic rings. The number of aliphatic imine (C=N–C) groups is 1. The largest absolute Gasteiger partial charge is 0.496 e. The molecule has 0 aliphatic carbocycles. The van der Waals surface area contributed by atoms with E-state index in [2.05, 4.69) is 93.6 Å². The number of rotatable bonds is 7. The molecule has 3 heteroatoms. The number of methoxy groups -OCH3 is 1. The molecule has 0 aliphatic heterocycles. The third kappa shape index (κ3) is 4.78. The highest BCUT2D eigenvalue weighted by Crippen LogP contribution is 2.45. The van der Waals surface area contributed by atoms with Gasteiger partial charge in [-0.05, 0) is 52.6 Å².